The van der Waals surface area contributed by atoms with Gasteiger partial charge in [0.1, 0.15) is 11.3 Å². The van der Waals surface area contributed by atoms with Crippen molar-refractivity contribution < 1.29 is 14.3 Å². The van der Waals surface area contributed by atoms with Crippen LogP contribution in [0.5, 0.6) is 5.75 Å². The molecule has 0 spiro atoms. The molecule has 0 aromatic heterocycles. The lowest BCUT2D eigenvalue weighted by molar-refractivity contribution is -0.122. The first-order valence-corrected chi connectivity index (χ1v) is 8.20. The molecule has 0 radical (unpaired) electrons. The topological polar surface area (TPSA) is 58.6 Å². The van der Waals surface area contributed by atoms with E-state index >= 15 is 0 Å². The smallest absolute Gasteiger partial charge is 0.270 e. The van der Waals surface area contributed by atoms with Gasteiger partial charge in [-0.25, -0.2) is 0 Å². The van der Waals surface area contributed by atoms with E-state index < -0.39 is 11.8 Å². The number of nitrogens with zero attached hydrogens (tertiary/aromatic N) is 1. The molecule has 25 heavy (non-hydrogen) atoms. The summed E-state index contributed by atoms with van der Waals surface area (Å²) >= 11 is 5.16. The number of hydrogen-bond acceptors (Lipinski definition) is 4. The number of nitrogens with one attached hydrogen (secondary N) is 1. The summed E-state index contributed by atoms with van der Waals surface area (Å²) in [7, 11) is 0. The van der Waals surface area contributed by atoms with Gasteiger partial charge in [0.05, 0.1) is 12.3 Å². The third-order valence-corrected chi connectivity index (χ3v) is 3.90. The van der Waals surface area contributed by atoms with Crippen LogP contribution in [0.4, 0.5) is 5.69 Å². The van der Waals surface area contributed by atoms with Gasteiger partial charge in [0.25, 0.3) is 11.8 Å². The molecule has 5 nitrogen and oxygen atoms in total. The Morgan fingerprint density at radius 3 is 2.40 bits per heavy atom. The highest BCUT2D eigenvalue weighted by Gasteiger charge is 2.34. The lowest BCUT2D eigenvalue weighted by Gasteiger charge is -2.28. The molecule has 126 valence electrons. The van der Waals surface area contributed by atoms with Crippen molar-refractivity contribution in [3.63, 3.8) is 0 Å². The maximum Gasteiger partial charge on any atom is 0.270 e. The molecule has 1 N–H and O–H groups in total. The van der Waals surface area contributed by atoms with Gasteiger partial charge >= 0.3 is 0 Å². The first-order valence-electron chi connectivity index (χ1n) is 7.79. The third-order valence-electron chi connectivity index (χ3n) is 3.62. The van der Waals surface area contributed by atoms with Crippen LogP contribution in [0.15, 0.2) is 60.2 Å². The number of carbonyl (C=O) groups is 2. The van der Waals surface area contributed by atoms with Gasteiger partial charge in [0.2, 0.25) is 0 Å². The van der Waals surface area contributed by atoms with Crippen LogP contribution in [0.1, 0.15) is 12.5 Å². The SMILES string of the molecule is CCOc1ccc(/C=C2\C(=O)NC(=S)N(c3ccccc3)C2=O)cc1. The summed E-state index contributed by atoms with van der Waals surface area (Å²) in [5, 5.41) is 2.64. The monoisotopic (exact) mass is 352 g/mol. The molecule has 3 rings (SSSR count). The van der Waals surface area contributed by atoms with E-state index in [1.54, 1.807) is 54.6 Å². The van der Waals surface area contributed by atoms with Crippen molar-refractivity contribution >= 4 is 40.9 Å². The molecule has 2 amide bonds. The molecular formula is C19H16N2O3S. The first-order chi connectivity index (χ1) is 12.1. The van der Waals surface area contributed by atoms with Crippen molar-refractivity contribution in [1.29, 1.82) is 0 Å². The Bertz CT molecular complexity index is 845. The van der Waals surface area contributed by atoms with Crippen LogP contribution in [0.25, 0.3) is 6.08 Å². The Morgan fingerprint density at radius 2 is 1.76 bits per heavy atom. The third kappa shape index (κ3) is 3.59. The molecule has 1 saturated heterocycles. The molecule has 2 aromatic carbocycles. The molecular weight excluding hydrogens is 336 g/mol. The van der Waals surface area contributed by atoms with E-state index in [-0.39, 0.29) is 10.7 Å². The van der Waals surface area contributed by atoms with E-state index in [4.69, 9.17) is 17.0 Å². The van der Waals surface area contributed by atoms with Gasteiger partial charge in [0.15, 0.2) is 5.11 Å². The van der Waals surface area contributed by atoms with Gasteiger partial charge in [-0.15, -0.1) is 0 Å². The quantitative estimate of drug-likeness (QED) is 0.522. The van der Waals surface area contributed by atoms with Crippen molar-refractivity contribution in [3.05, 3.63) is 65.7 Å². The minimum atomic E-state index is -0.504. The number of rotatable bonds is 4. The van der Waals surface area contributed by atoms with Gasteiger partial charge in [0, 0.05) is 0 Å². The van der Waals surface area contributed by atoms with Crippen molar-refractivity contribution in [1.82, 2.24) is 5.32 Å². The van der Waals surface area contributed by atoms with Crippen LogP contribution >= 0.6 is 12.2 Å². The zero-order chi connectivity index (χ0) is 17.8. The Labute approximate surface area is 150 Å². The lowest BCUT2D eigenvalue weighted by Crippen LogP contribution is -2.54. The number of carbonyl (C=O) groups excluding carboxylic acids is 2. The number of ether oxygens (including phenoxy) is 1. The average Bonchev–Trinajstić information content (AvgIpc) is 2.61. The molecule has 0 unspecified atom stereocenters. The molecule has 0 saturated carbocycles. The molecule has 0 aliphatic carbocycles. The highest BCUT2D eigenvalue weighted by molar-refractivity contribution is 7.80. The number of benzene rings is 2. The van der Waals surface area contributed by atoms with Gasteiger partial charge in [-0.3, -0.25) is 19.8 Å². The average molecular weight is 352 g/mol. The van der Waals surface area contributed by atoms with Crippen molar-refractivity contribution in [2.75, 3.05) is 11.5 Å². The van der Waals surface area contributed by atoms with E-state index in [9.17, 15) is 9.59 Å². The number of thiocarbonyl (C=S) groups is 1. The van der Waals surface area contributed by atoms with Gasteiger partial charge in [-0.05, 0) is 55.0 Å². The van der Waals surface area contributed by atoms with Gasteiger partial charge in [-0.2, -0.15) is 0 Å². The van der Waals surface area contributed by atoms with Crippen LogP contribution in [0.3, 0.4) is 0 Å². The molecule has 2 aromatic rings. The molecule has 0 bridgehead atoms. The van der Waals surface area contributed by atoms with Crippen LogP contribution in [-0.2, 0) is 9.59 Å². The minimum absolute atomic E-state index is 0.0293. The maximum absolute atomic E-state index is 12.8. The van der Waals surface area contributed by atoms with E-state index in [1.807, 2.05) is 13.0 Å². The van der Waals surface area contributed by atoms with Crippen molar-refractivity contribution in [2.24, 2.45) is 0 Å². The normalized spacial score (nSPS) is 16.1. The second kappa shape index (κ2) is 7.27. The Kier molecular flexibility index (Phi) is 4.90. The van der Waals surface area contributed by atoms with E-state index in [0.717, 1.165) is 11.3 Å². The van der Waals surface area contributed by atoms with E-state index in [2.05, 4.69) is 5.32 Å². The van der Waals surface area contributed by atoms with Gasteiger partial charge in [-0.1, -0.05) is 30.3 Å². The maximum atomic E-state index is 12.8. The molecule has 0 atom stereocenters. The van der Waals surface area contributed by atoms with Crippen molar-refractivity contribution in [3.8, 4) is 5.75 Å². The van der Waals surface area contributed by atoms with E-state index in [1.165, 1.54) is 4.90 Å². The fourth-order valence-electron chi connectivity index (χ4n) is 2.46. The largest absolute Gasteiger partial charge is 0.494 e. The molecule has 1 heterocycles. The summed E-state index contributed by atoms with van der Waals surface area (Å²) < 4.78 is 5.39. The highest BCUT2D eigenvalue weighted by Crippen LogP contribution is 2.22. The molecule has 6 heteroatoms. The second-order valence-corrected chi connectivity index (χ2v) is 5.68. The summed E-state index contributed by atoms with van der Waals surface area (Å²) in [6, 6.07) is 16.1. The predicted octanol–water partition coefficient (Wildman–Crippen LogP) is 2.92. The first kappa shape index (κ1) is 16.9. The number of hydrogen-bond donors (Lipinski definition) is 1. The lowest BCUT2D eigenvalue weighted by atomic mass is 10.1. The van der Waals surface area contributed by atoms with E-state index in [0.29, 0.717) is 12.3 Å². The zero-order valence-electron chi connectivity index (χ0n) is 13.6. The number of anilines is 1. The minimum Gasteiger partial charge on any atom is -0.494 e. The zero-order valence-corrected chi connectivity index (χ0v) is 14.4. The second-order valence-electron chi connectivity index (χ2n) is 5.30. The summed E-state index contributed by atoms with van der Waals surface area (Å²) in [5.41, 5.74) is 1.36. The van der Waals surface area contributed by atoms with Crippen LogP contribution < -0.4 is 15.0 Å². The number of amides is 2. The van der Waals surface area contributed by atoms with Crippen LogP contribution in [0, 0.1) is 0 Å². The predicted molar refractivity (Wildman–Crippen MR) is 100 cm³/mol. The molecule has 1 aliphatic rings. The Hall–Kier alpha value is -2.99. The summed E-state index contributed by atoms with van der Waals surface area (Å²) in [5.74, 6) is -0.221. The van der Waals surface area contributed by atoms with Crippen LogP contribution in [0.2, 0.25) is 0 Å². The van der Waals surface area contributed by atoms with Crippen molar-refractivity contribution in [2.45, 2.75) is 6.92 Å². The Morgan fingerprint density at radius 1 is 1.08 bits per heavy atom. The summed E-state index contributed by atoms with van der Waals surface area (Å²) in [4.78, 5) is 26.3. The number of para-hydroxylation sites is 1. The standard InChI is InChI=1S/C19H16N2O3S/c1-2-24-15-10-8-13(9-11-15)12-16-17(22)20-19(25)21(18(16)23)14-6-4-3-5-7-14/h3-12H,2H2,1H3,(H,20,22,25)/b16-12+. The Balaban J connectivity index is 1.93. The fourth-order valence-corrected chi connectivity index (χ4v) is 2.74. The van der Waals surface area contributed by atoms with Gasteiger partial charge < -0.3 is 4.74 Å². The summed E-state index contributed by atoms with van der Waals surface area (Å²) in [6.07, 6.45) is 1.55. The van der Waals surface area contributed by atoms with Crippen LogP contribution in [-0.4, -0.2) is 23.5 Å². The molecule has 1 aliphatic heterocycles. The fraction of sp³-hybridized carbons (Fsp3) is 0.105. The summed E-state index contributed by atoms with van der Waals surface area (Å²) in [6.45, 7) is 2.48. The highest BCUT2D eigenvalue weighted by atomic mass is 32.1. The molecule has 1 fully saturated rings.